The summed E-state index contributed by atoms with van der Waals surface area (Å²) in [4.78, 5) is 23.5. The van der Waals surface area contributed by atoms with Gasteiger partial charge in [-0.15, -0.1) is 5.92 Å². The number of benzene rings is 2. The summed E-state index contributed by atoms with van der Waals surface area (Å²) < 4.78 is 17.9. The van der Waals surface area contributed by atoms with Crippen LogP contribution >= 0.6 is 0 Å². The molecule has 0 unspecified atom stereocenters. The fourth-order valence-corrected chi connectivity index (χ4v) is 5.39. The SMILES string of the molecule is CC#C[C@@H](CC(=O)O)c1ccc(OCc2cccc(C3=CCC4(CC3)OCCO4)c2)c(N[C@@H](CCCCN)C(=O)O)c1. The van der Waals surface area contributed by atoms with Crippen LogP contribution in [0.1, 0.15) is 74.5 Å². The zero-order valence-corrected chi connectivity index (χ0v) is 24.1. The van der Waals surface area contributed by atoms with Gasteiger partial charge in [-0.25, -0.2) is 4.79 Å². The Hall–Kier alpha value is -3.84. The Balaban J connectivity index is 1.54. The molecule has 1 aliphatic heterocycles. The Morgan fingerprint density at radius 3 is 2.62 bits per heavy atom. The van der Waals surface area contributed by atoms with E-state index >= 15 is 0 Å². The second kappa shape index (κ2) is 14.9. The summed E-state index contributed by atoms with van der Waals surface area (Å²) in [6.45, 7) is 3.70. The van der Waals surface area contributed by atoms with E-state index in [4.69, 9.17) is 19.9 Å². The van der Waals surface area contributed by atoms with Gasteiger partial charge in [-0.05, 0) is 79.6 Å². The van der Waals surface area contributed by atoms with Gasteiger partial charge in [0.05, 0.1) is 31.2 Å². The number of nitrogens with two attached hydrogens (primary N) is 1. The van der Waals surface area contributed by atoms with E-state index in [0.29, 0.717) is 49.6 Å². The molecule has 4 rings (SSSR count). The number of unbranched alkanes of at least 4 members (excludes halogenated alkanes) is 1. The highest BCUT2D eigenvalue weighted by atomic mass is 16.7. The Morgan fingerprint density at radius 2 is 1.95 bits per heavy atom. The standard InChI is InChI=1S/C33H40N2O7/c1-2-6-25(21-31(36)37)27-10-11-30(29(20-27)35-28(32(38)39)9-3-4-16-34)40-22-23-7-5-8-26(19-23)24-12-14-33(15-13-24)41-17-18-42-33/h5,7-8,10-12,19-20,25,28,35H,3-4,9,13-18,21-22,34H2,1H3,(H,36,37)(H,38,39)/t25-,28-/m0/s1. The fourth-order valence-electron chi connectivity index (χ4n) is 5.39. The lowest BCUT2D eigenvalue weighted by Gasteiger charge is -2.30. The van der Waals surface area contributed by atoms with Gasteiger partial charge in [0, 0.05) is 12.8 Å². The number of hydrogen-bond acceptors (Lipinski definition) is 7. The molecule has 9 nitrogen and oxygen atoms in total. The molecule has 2 aliphatic rings. The zero-order valence-electron chi connectivity index (χ0n) is 24.1. The average Bonchev–Trinajstić information content (AvgIpc) is 3.43. The summed E-state index contributed by atoms with van der Waals surface area (Å²) >= 11 is 0. The largest absolute Gasteiger partial charge is 0.487 e. The van der Waals surface area contributed by atoms with Crippen molar-refractivity contribution in [3.63, 3.8) is 0 Å². The third-order valence-electron chi connectivity index (χ3n) is 7.62. The minimum Gasteiger partial charge on any atom is -0.487 e. The van der Waals surface area contributed by atoms with Crippen LogP contribution in [0.5, 0.6) is 5.75 Å². The summed E-state index contributed by atoms with van der Waals surface area (Å²) in [5, 5.41) is 22.4. The Bertz CT molecular complexity index is 1340. The van der Waals surface area contributed by atoms with Crippen LogP contribution in [0.4, 0.5) is 5.69 Å². The van der Waals surface area contributed by atoms with Crippen LogP contribution in [0.3, 0.4) is 0 Å². The van der Waals surface area contributed by atoms with Crippen molar-refractivity contribution in [1.82, 2.24) is 0 Å². The van der Waals surface area contributed by atoms with Gasteiger partial charge < -0.3 is 35.5 Å². The highest BCUT2D eigenvalue weighted by Gasteiger charge is 2.37. The molecule has 2 atom stereocenters. The topological polar surface area (TPSA) is 140 Å². The number of allylic oxidation sites excluding steroid dienone is 1. The highest BCUT2D eigenvalue weighted by molar-refractivity contribution is 5.78. The molecule has 42 heavy (non-hydrogen) atoms. The number of carboxylic acids is 2. The summed E-state index contributed by atoms with van der Waals surface area (Å²) in [5.74, 6) is 3.28. The van der Waals surface area contributed by atoms with Crippen LogP contribution in [0.25, 0.3) is 5.57 Å². The second-order valence-electron chi connectivity index (χ2n) is 10.7. The van der Waals surface area contributed by atoms with Gasteiger partial charge in [0.25, 0.3) is 0 Å². The molecule has 1 spiro atoms. The average molecular weight is 577 g/mol. The van der Waals surface area contributed by atoms with Crippen LogP contribution in [0, 0.1) is 11.8 Å². The molecule has 1 fully saturated rings. The molecule has 1 aliphatic carbocycles. The van der Waals surface area contributed by atoms with Crippen LogP contribution in [0.2, 0.25) is 0 Å². The minimum atomic E-state index is -0.984. The van der Waals surface area contributed by atoms with Crippen molar-refractivity contribution in [3.8, 4) is 17.6 Å². The van der Waals surface area contributed by atoms with Crippen molar-refractivity contribution in [2.75, 3.05) is 25.1 Å². The highest BCUT2D eigenvalue weighted by Crippen LogP contribution is 2.38. The maximum atomic E-state index is 12.1. The molecule has 1 saturated heterocycles. The molecule has 0 bridgehead atoms. The van der Waals surface area contributed by atoms with E-state index in [0.717, 1.165) is 36.8 Å². The summed E-state index contributed by atoms with van der Waals surface area (Å²) in [6, 6.07) is 12.6. The number of aliphatic carboxylic acids is 2. The van der Waals surface area contributed by atoms with Crippen LogP contribution in [-0.4, -0.2) is 53.7 Å². The van der Waals surface area contributed by atoms with Crippen LogP contribution < -0.4 is 15.8 Å². The van der Waals surface area contributed by atoms with Crippen molar-refractivity contribution in [1.29, 1.82) is 0 Å². The minimum absolute atomic E-state index is 0.165. The number of hydrogen-bond donors (Lipinski definition) is 4. The molecular formula is C33H40N2O7. The molecule has 0 radical (unpaired) electrons. The first-order valence-corrected chi connectivity index (χ1v) is 14.5. The maximum absolute atomic E-state index is 12.1. The van der Waals surface area contributed by atoms with Gasteiger partial charge in [0.2, 0.25) is 0 Å². The smallest absolute Gasteiger partial charge is 0.326 e. The lowest BCUT2D eigenvalue weighted by atomic mass is 9.89. The molecule has 224 valence electrons. The third kappa shape index (κ3) is 8.35. The van der Waals surface area contributed by atoms with Crippen molar-refractivity contribution < 1.29 is 34.0 Å². The lowest BCUT2D eigenvalue weighted by molar-refractivity contribution is -0.159. The van der Waals surface area contributed by atoms with E-state index in [1.165, 1.54) is 5.57 Å². The second-order valence-corrected chi connectivity index (χ2v) is 10.7. The van der Waals surface area contributed by atoms with Crippen molar-refractivity contribution in [3.05, 3.63) is 65.2 Å². The van der Waals surface area contributed by atoms with E-state index < -0.39 is 29.7 Å². The molecule has 0 amide bonds. The predicted octanol–water partition coefficient (Wildman–Crippen LogP) is 5.15. The van der Waals surface area contributed by atoms with E-state index in [1.807, 2.05) is 12.1 Å². The molecule has 2 aromatic carbocycles. The summed E-state index contributed by atoms with van der Waals surface area (Å²) in [7, 11) is 0. The first-order chi connectivity index (χ1) is 20.3. The molecule has 2 aromatic rings. The number of carboxylic acid groups (broad SMARTS) is 2. The molecule has 0 aromatic heterocycles. The molecule has 5 N–H and O–H groups in total. The number of ether oxygens (including phenoxy) is 3. The number of carbonyl (C=O) groups is 2. The first-order valence-electron chi connectivity index (χ1n) is 14.5. The Morgan fingerprint density at radius 1 is 1.14 bits per heavy atom. The van der Waals surface area contributed by atoms with Crippen molar-refractivity contribution >= 4 is 23.2 Å². The zero-order chi connectivity index (χ0) is 30.0. The van der Waals surface area contributed by atoms with Crippen LogP contribution in [0.15, 0.2) is 48.5 Å². The van der Waals surface area contributed by atoms with Gasteiger partial charge in [0.1, 0.15) is 18.4 Å². The molecule has 0 saturated carbocycles. The van der Waals surface area contributed by atoms with Gasteiger partial charge in [-0.3, -0.25) is 4.79 Å². The normalized spacial score (nSPS) is 17.0. The Kier molecular flexibility index (Phi) is 11.0. The number of anilines is 1. The predicted molar refractivity (Wildman–Crippen MR) is 160 cm³/mol. The maximum Gasteiger partial charge on any atom is 0.326 e. The van der Waals surface area contributed by atoms with E-state index in [-0.39, 0.29) is 13.0 Å². The monoisotopic (exact) mass is 576 g/mol. The Labute approximate surface area is 247 Å². The van der Waals surface area contributed by atoms with E-state index in [9.17, 15) is 19.8 Å². The van der Waals surface area contributed by atoms with E-state index in [1.54, 1.807) is 25.1 Å². The number of nitrogens with one attached hydrogen (secondary N) is 1. The van der Waals surface area contributed by atoms with Gasteiger partial charge >= 0.3 is 11.9 Å². The van der Waals surface area contributed by atoms with Crippen molar-refractivity contribution in [2.24, 2.45) is 5.73 Å². The van der Waals surface area contributed by atoms with Gasteiger partial charge in [0.15, 0.2) is 5.79 Å². The fraction of sp³-hybridized carbons (Fsp3) is 0.455. The first kappa shape index (κ1) is 31.1. The summed E-state index contributed by atoms with van der Waals surface area (Å²) in [6.07, 6.45) is 6.20. The summed E-state index contributed by atoms with van der Waals surface area (Å²) in [5.41, 5.74) is 10.1. The van der Waals surface area contributed by atoms with Crippen LogP contribution in [-0.2, 0) is 25.7 Å². The van der Waals surface area contributed by atoms with E-state index in [2.05, 4.69) is 35.4 Å². The molecule has 9 heteroatoms. The lowest BCUT2D eigenvalue weighted by Crippen LogP contribution is -2.31. The third-order valence-corrected chi connectivity index (χ3v) is 7.62. The van der Waals surface area contributed by atoms with Gasteiger partial charge in [-0.1, -0.05) is 36.3 Å². The molecular weight excluding hydrogens is 536 g/mol. The quantitative estimate of drug-likeness (QED) is 0.177. The van der Waals surface area contributed by atoms with Crippen molar-refractivity contribution in [2.45, 2.75) is 76.2 Å². The number of rotatable bonds is 14. The van der Waals surface area contributed by atoms with Gasteiger partial charge in [-0.2, -0.15) is 0 Å². The molecule has 1 heterocycles.